The number of hydrogen-bond donors (Lipinski definition) is 1. The third kappa shape index (κ3) is 5.14. The van der Waals surface area contributed by atoms with Gasteiger partial charge in [0.1, 0.15) is 0 Å². The number of carbonyl (C=O) groups is 1. The van der Waals surface area contributed by atoms with Crippen LogP contribution in [0.4, 0.5) is 0 Å². The molecule has 0 aliphatic carbocycles. The third-order valence-corrected chi connectivity index (χ3v) is 7.95. The molecule has 10 heteroatoms. The summed E-state index contributed by atoms with van der Waals surface area (Å²) in [5.74, 6) is 0.470. The van der Waals surface area contributed by atoms with Crippen molar-refractivity contribution in [2.24, 2.45) is 5.92 Å². The molecular weight excluding hydrogens is 475 g/mol. The number of hydrogen-bond acceptors (Lipinski definition) is 5. The molecule has 0 spiro atoms. The minimum Gasteiger partial charge on any atom is -0.489 e. The van der Waals surface area contributed by atoms with Gasteiger partial charge in [-0.25, -0.2) is 8.42 Å². The maximum Gasteiger partial charge on any atom is 0.243 e. The summed E-state index contributed by atoms with van der Waals surface area (Å²) < 4.78 is 38.6. The van der Waals surface area contributed by atoms with Crippen molar-refractivity contribution in [2.75, 3.05) is 26.3 Å². The molecule has 7 nitrogen and oxygen atoms in total. The number of rotatable bonds is 5. The molecule has 1 atom stereocenters. The Kier molecular flexibility index (Phi) is 7.14. The molecule has 1 unspecified atom stereocenters. The predicted octanol–water partition coefficient (Wildman–Crippen LogP) is 3.87. The van der Waals surface area contributed by atoms with Crippen LogP contribution in [-0.2, 0) is 21.4 Å². The SMILES string of the molecule is O=C(NCc1cc(Cl)c2c(c1)OCCCO2)C1CCCN(S(=O)(=O)c2ccc(Cl)cc2)C1. The summed E-state index contributed by atoms with van der Waals surface area (Å²) >= 11 is 12.2. The average Bonchev–Trinajstić information content (AvgIpc) is 3.04. The average molecular weight is 499 g/mol. The maximum atomic E-state index is 13.0. The molecule has 0 saturated carbocycles. The van der Waals surface area contributed by atoms with Gasteiger partial charge in [0.15, 0.2) is 11.5 Å². The number of ether oxygens (including phenoxy) is 2. The van der Waals surface area contributed by atoms with E-state index >= 15 is 0 Å². The lowest BCUT2D eigenvalue weighted by Crippen LogP contribution is -2.45. The Bertz CT molecular complexity index is 1090. The minimum absolute atomic E-state index is 0.138. The lowest BCUT2D eigenvalue weighted by molar-refractivity contribution is -0.126. The van der Waals surface area contributed by atoms with E-state index in [1.165, 1.54) is 16.4 Å². The quantitative estimate of drug-likeness (QED) is 0.675. The van der Waals surface area contributed by atoms with E-state index in [9.17, 15) is 13.2 Å². The molecule has 4 rings (SSSR count). The van der Waals surface area contributed by atoms with Crippen molar-refractivity contribution in [1.29, 1.82) is 0 Å². The van der Waals surface area contributed by atoms with E-state index in [1.807, 2.05) is 6.07 Å². The number of piperidine rings is 1. The monoisotopic (exact) mass is 498 g/mol. The van der Waals surface area contributed by atoms with Gasteiger partial charge < -0.3 is 14.8 Å². The summed E-state index contributed by atoms with van der Waals surface area (Å²) in [7, 11) is -3.68. The summed E-state index contributed by atoms with van der Waals surface area (Å²) in [6.45, 7) is 1.86. The van der Waals surface area contributed by atoms with Crippen LogP contribution >= 0.6 is 23.2 Å². The van der Waals surface area contributed by atoms with E-state index in [-0.39, 0.29) is 23.9 Å². The van der Waals surface area contributed by atoms with Gasteiger partial charge in [-0.3, -0.25) is 4.79 Å². The van der Waals surface area contributed by atoms with Crippen molar-refractivity contribution in [2.45, 2.75) is 30.7 Å². The van der Waals surface area contributed by atoms with Gasteiger partial charge in [0.25, 0.3) is 0 Å². The summed E-state index contributed by atoms with van der Waals surface area (Å²) in [5.41, 5.74) is 0.786. The van der Waals surface area contributed by atoms with Crippen LogP contribution in [0.15, 0.2) is 41.3 Å². The highest BCUT2D eigenvalue weighted by molar-refractivity contribution is 7.89. The van der Waals surface area contributed by atoms with Crippen LogP contribution in [0.1, 0.15) is 24.8 Å². The first kappa shape index (κ1) is 23.2. The number of amides is 1. The number of nitrogens with one attached hydrogen (secondary N) is 1. The van der Waals surface area contributed by atoms with Crippen LogP contribution in [0, 0.1) is 5.92 Å². The first-order valence-corrected chi connectivity index (χ1v) is 12.7. The van der Waals surface area contributed by atoms with E-state index in [4.69, 9.17) is 32.7 Å². The predicted molar refractivity (Wildman–Crippen MR) is 122 cm³/mol. The Morgan fingerprint density at radius 1 is 1.09 bits per heavy atom. The van der Waals surface area contributed by atoms with E-state index in [0.29, 0.717) is 54.1 Å². The standard InChI is InChI=1S/C22H24Cl2N2O5S/c23-17-4-6-18(7-5-17)32(28,29)26-8-1-3-16(14-26)22(27)25-13-15-11-19(24)21-20(12-15)30-9-2-10-31-21/h4-7,11-12,16H,1-3,8-10,13-14H2,(H,25,27). The second-order valence-corrected chi connectivity index (χ2v) is 10.6. The first-order chi connectivity index (χ1) is 15.3. The topological polar surface area (TPSA) is 84.9 Å². The van der Waals surface area contributed by atoms with Crippen molar-refractivity contribution >= 4 is 39.1 Å². The van der Waals surface area contributed by atoms with Gasteiger partial charge in [-0.15, -0.1) is 0 Å². The zero-order chi connectivity index (χ0) is 22.7. The molecule has 2 aromatic rings. The van der Waals surface area contributed by atoms with E-state index < -0.39 is 15.9 Å². The smallest absolute Gasteiger partial charge is 0.243 e. The van der Waals surface area contributed by atoms with Crippen molar-refractivity contribution in [3.05, 3.63) is 52.0 Å². The van der Waals surface area contributed by atoms with Gasteiger partial charge in [-0.05, 0) is 54.8 Å². The number of carbonyl (C=O) groups excluding carboxylic acids is 1. The molecule has 0 radical (unpaired) electrons. The van der Waals surface area contributed by atoms with Gasteiger partial charge in [-0.1, -0.05) is 23.2 Å². The molecule has 1 fully saturated rings. The number of halogens is 2. The second-order valence-electron chi connectivity index (χ2n) is 7.83. The third-order valence-electron chi connectivity index (χ3n) is 5.54. The van der Waals surface area contributed by atoms with Gasteiger partial charge in [0, 0.05) is 31.1 Å². The minimum atomic E-state index is -3.68. The highest BCUT2D eigenvalue weighted by Crippen LogP contribution is 2.38. The van der Waals surface area contributed by atoms with Crippen molar-refractivity contribution in [3.63, 3.8) is 0 Å². The molecule has 2 heterocycles. The lowest BCUT2D eigenvalue weighted by Gasteiger charge is -2.31. The fourth-order valence-corrected chi connectivity index (χ4v) is 5.79. The Balaban J connectivity index is 1.40. The fraction of sp³-hybridized carbons (Fsp3) is 0.409. The molecule has 0 bridgehead atoms. The molecule has 0 aromatic heterocycles. The molecule has 172 valence electrons. The molecule has 32 heavy (non-hydrogen) atoms. The van der Waals surface area contributed by atoms with Crippen LogP contribution < -0.4 is 14.8 Å². The molecule has 2 aliphatic rings. The highest BCUT2D eigenvalue weighted by Gasteiger charge is 2.33. The van der Waals surface area contributed by atoms with Crippen molar-refractivity contribution in [1.82, 2.24) is 9.62 Å². The van der Waals surface area contributed by atoms with Crippen LogP contribution in [0.2, 0.25) is 10.0 Å². The molecule has 1 N–H and O–H groups in total. The molecule has 1 amide bonds. The largest absolute Gasteiger partial charge is 0.489 e. The lowest BCUT2D eigenvalue weighted by atomic mass is 9.98. The summed E-state index contributed by atoms with van der Waals surface area (Å²) in [5, 5.41) is 3.81. The van der Waals surface area contributed by atoms with Crippen LogP contribution in [0.5, 0.6) is 11.5 Å². The van der Waals surface area contributed by atoms with Gasteiger partial charge in [0.05, 0.1) is 29.0 Å². The maximum absolute atomic E-state index is 13.0. The number of fused-ring (bicyclic) bond motifs is 1. The number of benzene rings is 2. The van der Waals surface area contributed by atoms with E-state index in [0.717, 1.165) is 12.0 Å². The molecule has 2 aromatic carbocycles. The normalized spacial score (nSPS) is 19.2. The zero-order valence-electron chi connectivity index (χ0n) is 17.4. The van der Waals surface area contributed by atoms with Gasteiger partial charge in [-0.2, -0.15) is 4.31 Å². The van der Waals surface area contributed by atoms with Gasteiger partial charge >= 0.3 is 0 Å². The summed E-state index contributed by atoms with van der Waals surface area (Å²) in [4.78, 5) is 13.0. The Hall–Kier alpha value is -2.00. The highest BCUT2D eigenvalue weighted by atomic mass is 35.5. The first-order valence-electron chi connectivity index (χ1n) is 10.5. The Morgan fingerprint density at radius 3 is 2.62 bits per heavy atom. The Morgan fingerprint density at radius 2 is 1.84 bits per heavy atom. The zero-order valence-corrected chi connectivity index (χ0v) is 19.7. The molecular formula is C22H24Cl2N2O5S. The van der Waals surface area contributed by atoms with E-state index in [2.05, 4.69) is 5.32 Å². The van der Waals surface area contributed by atoms with Crippen molar-refractivity contribution in [3.8, 4) is 11.5 Å². The molecule has 2 aliphatic heterocycles. The molecule has 1 saturated heterocycles. The van der Waals surface area contributed by atoms with Crippen LogP contribution in [0.25, 0.3) is 0 Å². The Labute approximate surface area is 197 Å². The summed E-state index contributed by atoms with van der Waals surface area (Å²) in [6.07, 6.45) is 2.01. The van der Waals surface area contributed by atoms with E-state index in [1.54, 1.807) is 18.2 Å². The van der Waals surface area contributed by atoms with Crippen molar-refractivity contribution < 1.29 is 22.7 Å². The van der Waals surface area contributed by atoms with Gasteiger partial charge in [0.2, 0.25) is 15.9 Å². The number of nitrogens with zero attached hydrogens (tertiary/aromatic N) is 1. The second kappa shape index (κ2) is 9.87. The number of sulfonamides is 1. The summed E-state index contributed by atoms with van der Waals surface area (Å²) in [6, 6.07) is 9.61. The fourth-order valence-electron chi connectivity index (χ4n) is 3.85. The van der Waals surface area contributed by atoms with Crippen LogP contribution in [-0.4, -0.2) is 44.9 Å². The van der Waals surface area contributed by atoms with Crippen LogP contribution in [0.3, 0.4) is 0 Å².